The number of aliphatic hydroxyl groups is 1. The second-order valence-electron chi connectivity index (χ2n) is 2.44. The zero-order chi connectivity index (χ0) is 10.1. The molecule has 0 fully saturated rings. The second-order valence-corrected chi connectivity index (χ2v) is 2.44. The fourth-order valence-electron chi connectivity index (χ4n) is 0.753. The average Bonchev–Trinajstić information content (AvgIpc) is 2.12. The van der Waals surface area contributed by atoms with E-state index in [0.29, 0.717) is 12.8 Å². The lowest BCUT2D eigenvalue weighted by Gasteiger charge is -2.13. The van der Waals surface area contributed by atoms with Gasteiger partial charge in [-0.15, -0.1) is 0 Å². The summed E-state index contributed by atoms with van der Waals surface area (Å²) in [6.45, 7) is 1.73. The van der Waals surface area contributed by atoms with Crippen molar-refractivity contribution < 1.29 is 14.6 Å². The van der Waals surface area contributed by atoms with Crippen LogP contribution in [-0.4, -0.2) is 23.9 Å². The van der Waals surface area contributed by atoms with Gasteiger partial charge in [0.15, 0.2) is 6.23 Å². The number of esters is 1. The Hall–Kier alpha value is -0.910. The van der Waals surface area contributed by atoms with E-state index in [1.165, 1.54) is 6.08 Å². The van der Waals surface area contributed by atoms with Crippen molar-refractivity contribution >= 4 is 5.97 Å². The van der Waals surface area contributed by atoms with Gasteiger partial charge in [0.1, 0.15) is 0 Å². The largest absolute Gasteiger partial charge is 0.442 e. The molecule has 0 aliphatic rings. The zero-order valence-electron chi connectivity index (χ0n) is 7.62. The van der Waals surface area contributed by atoms with Crippen LogP contribution in [0.5, 0.6) is 0 Å². The number of hydrogen-bond donors (Lipinski definition) is 2. The van der Waals surface area contributed by atoms with Gasteiger partial charge in [-0.25, -0.2) is 10.2 Å². The first-order valence-corrected chi connectivity index (χ1v) is 4.11. The molecule has 75 valence electrons. The molecular formula is C8H15N2O3. The lowest BCUT2D eigenvalue weighted by molar-refractivity contribution is -0.145. The molecule has 0 amide bonds. The van der Waals surface area contributed by atoms with Gasteiger partial charge in [0.05, 0.1) is 0 Å². The van der Waals surface area contributed by atoms with E-state index in [1.807, 2.05) is 0 Å². The van der Waals surface area contributed by atoms with Crippen molar-refractivity contribution in [3.05, 3.63) is 12.2 Å². The standard InChI is InChI=1S/C8H15N2O3/c1-2-4-8(12)13-7(10-9)5-3-6-11/h2,4,7,9-11H,3,5-6H2,1H3/b4-2+. The number of nitrogens with one attached hydrogen (secondary N) is 2. The minimum Gasteiger partial charge on any atom is -0.442 e. The lowest BCUT2D eigenvalue weighted by atomic mass is 10.3. The van der Waals surface area contributed by atoms with E-state index in [2.05, 4.69) is 5.43 Å². The van der Waals surface area contributed by atoms with Crippen LogP contribution in [0.4, 0.5) is 0 Å². The molecule has 1 atom stereocenters. The molecule has 0 aromatic heterocycles. The molecular weight excluding hydrogens is 172 g/mol. The van der Waals surface area contributed by atoms with Gasteiger partial charge < -0.3 is 9.84 Å². The Balaban J connectivity index is 3.76. The highest BCUT2D eigenvalue weighted by Gasteiger charge is 2.09. The molecule has 0 aliphatic carbocycles. The fourth-order valence-corrected chi connectivity index (χ4v) is 0.753. The van der Waals surface area contributed by atoms with Crippen molar-refractivity contribution in [2.75, 3.05) is 6.61 Å². The Labute approximate surface area is 77.5 Å². The highest BCUT2D eigenvalue weighted by atomic mass is 16.6. The van der Waals surface area contributed by atoms with Crippen LogP contribution in [0.15, 0.2) is 12.2 Å². The van der Waals surface area contributed by atoms with Gasteiger partial charge >= 0.3 is 5.97 Å². The summed E-state index contributed by atoms with van der Waals surface area (Å²) in [5.74, 6) is 6.35. The van der Waals surface area contributed by atoms with Gasteiger partial charge in [-0.3, -0.25) is 0 Å². The Morgan fingerprint density at radius 2 is 2.46 bits per heavy atom. The van der Waals surface area contributed by atoms with Gasteiger partial charge in [0.25, 0.3) is 0 Å². The smallest absolute Gasteiger partial charge is 0.332 e. The van der Waals surface area contributed by atoms with Crippen LogP contribution < -0.4 is 11.3 Å². The van der Waals surface area contributed by atoms with Crippen LogP contribution in [0.25, 0.3) is 0 Å². The third kappa shape index (κ3) is 6.27. The third-order valence-electron chi connectivity index (χ3n) is 1.35. The molecule has 0 saturated heterocycles. The van der Waals surface area contributed by atoms with Crippen molar-refractivity contribution in [1.82, 2.24) is 11.3 Å². The minimum atomic E-state index is -0.643. The second kappa shape index (κ2) is 7.72. The summed E-state index contributed by atoms with van der Waals surface area (Å²) < 4.78 is 4.81. The highest BCUT2D eigenvalue weighted by Crippen LogP contribution is 1.98. The maximum absolute atomic E-state index is 10.9. The predicted octanol–water partition coefficient (Wildman–Crippen LogP) is -0.00820. The number of hydrogen-bond acceptors (Lipinski definition) is 4. The summed E-state index contributed by atoms with van der Waals surface area (Å²) in [7, 11) is 0. The topological polar surface area (TPSA) is 82.4 Å². The van der Waals surface area contributed by atoms with Crippen LogP contribution in [0.1, 0.15) is 19.8 Å². The normalized spacial score (nSPS) is 13.2. The summed E-state index contributed by atoms with van der Waals surface area (Å²) in [6.07, 6.45) is 3.14. The van der Waals surface area contributed by atoms with Crippen molar-refractivity contribution in [2.45, 2.75) is 26.0 Å². The van der Waals surface area contributed by atoms with E-state index in [1.54, 1.807) is 13.0 Å². The molecule has 5 heteroatoms. The quantitative estimate of drug-likeness (QED) is 0.265. The van der Waals surface area contributed by atoms with Crippen molar-refractivity contribution in [3.8, 4) is 0 Å². The summed E-state index contributed by atoms with van der Waals surface area (Å²) in [6, 6.07) is 0. The minimum absolute atomic E-state index is 0.0271. The van der Waals surface area contributed by atoms with Crippen LogP contribution >= 0.6 is 0 Å². The molecule has 1 radical (unpaired) electrons. The van der Waals surface area contributed by atoms with E-state index < -0.39 is 12.2 Å². The molecule has 0 heterocycles. The van der Waals surface area contributed by atoms with E-state index in [0.717, 1.165) is 0 Å². The number of rotatable bonds is 6. The molecule has 0 rings (SSSR count). The first kappa shape index (κ1) is 12.1. The molecule has 5 nitrogen and oxygen atoms in total. The predicted molar refractivity (Wildman–Crippen MR) is 47.2 cm³/mol. The van der Waals surface area contributed by atoms with Gasteiger partial charge in [0.2, 0.25) is 0 Å². The molecule has 0 aromatic rings. The van der Waals surface area contributed by atoms with Crippen LogP contribution in [-0.2, 0) is 9.53 Å². The highest BCUT2D eigenvalue weighted by molar-refractivity contribution is 5.81. The number of carbonyl (C=O) groups is 1. The Kier molecular flexibility index (Phi) is 7.18. The number of carbonyl (C=O) groups excluding carboxylic acids is 1. The van der Waals surface area contributed by atoms with Crippen LogP contribution in [0, 0.1) is 0 Å². The first-order chi connectivity index (χ1) is 6.24. The van der Waals surface area contributed by atoms with E-state index in [4.69, 9.17) is 15.7 Å². The van der Waals surface area contributed by atoms with Gasteiger partial charge in [-0.1, -0.05) is 6.08 Å². The average molecular weight is 187 g/mol. The maximum atomic E-state index is 10.9. The van der Waals surface area contributed by atoms with Crippen molar-refractivity contribution in [2.24, 2.45) is 0 Å². The molecule has 0 spiro atoms. The molecule has 0 aromatic carbocycles. The summed E-state index contributed by atoms with van der Waals surface area (Å²) >= 11 is 0. The number of ether oxygens (including phenoxy) is 1. The third-order valence-corrected chi connectivity index (χ3v) is 1.35. The molecule has 13 heavy (non-hydrogen) atoms. The number of allylic oxidation sites excluding steroid dienone is 1. The summed E-state index contributed by atoms with van der Waals surface area (Å²) in [5, 5.41) is 8.50. The van der Waals surface area contributed by atoms with Crippen molar-refractivity contribution in [3.63, 3.8) is 0 Å². The van der Waals surface area contributed by atoms with Gasteiger partial charge in [-0.2, -0.15) is 5.84 Å². The first-order valence-electron chi connectivity index (χ1n) is 4.11. The zero-order valence-corrected chi connectivity index (χ0v) is 7.62. The van der Waals surface area contributed by atoms with Gasteiger partial charge in [-0.05, 0) is 13.3 Å². The number of aliphatic hydroxyl groups excluding tert-OH is 1. The Morgan fingerprint density at radius 3 is 2.92 bits per heavy atom. The monoisotopic (exact) mass is 187 g/mol. The SMILES string of the molecule is C/C=C/C(=O)OC(CCCO)N[NH]. The Morgan fingerprint density at radius 1 is 1.77 bits per heavy atom. The van der Waals surface area contributed by atoms with E-state index >= 15 is 0 Å². The van der Waals surface area contributed by atoms with Gasteiger partial charge in [0, 0.05) is 19.1 Å². The fraction of sp³-hybridized carbons (Fsp3) is 0.625. The van der Waals surface area contributed by atoms with Crippen molar-refractivity contribution in [1.29, 1.82) is 0 Å². The van der Waals surface area contributed by atoms with E-state index in [-0.39, 0.29) is 6.61 Å². The molecule has 3 N–H and O–H groups in total. The Bertz CT molecular complexity index is 171. The molecule has 0 aliphatic heterocycles. The summed E-state index contributed by atoms with van der Waals surface area (Å²) in [5.41, 5.74) is 2.09. The summed E-state index contributed by atoms with van der Waals surface area (Å²) in [4.78, 5) is 10.9. The molecule has 0 bridgehead atoms. The lowest BCUT2D eigenvalue weighted by Crippen LogP contribution is -2.32. The van der Waals surface area contributed by atoms with Crippen LogP contribution in [0.2, 0.25) is 0 Å². The maximum Gasteiger partial charge on any atom is 0.332 e. The van der Waals surface area contributed by atoms with E-state index in [9.17, 15) is 4.79 Å². The molecule has 1 unspecified atom stereocenters. The van der Waals surface area contributed by atoms with Crippen LogP contribution in [0.3, 0.4) is 0 Å². The molecule has 0 saturated carbocycles.